The molecule has 0 saturated carbocycles. The van der Waals surface area contributed by atoms with Gasteiger partial charge in [-0.3, -0.25) is 4.79 Å². The molecule has 1 aromatic carbocycles. The number of halogens is 1. The van der Waals surface area contributed by atoms with Gasteiger partial charge in [0.1, 0.15) is 0 Å². The number of amides is 1. The van der Waals surface area contributed by atoms with Crippen LogP contribution in [0, 0.1) is 0 Å². The van der Waals surface area contributed by atoms with Crippen molar-refractivity contribution in [3.05, 3.63) is 33.8 Å². The minimum atomic E-state index is -1.07. The number of nitrogens with one attached hydrogen (secondary N) is 1. The number of carboxylic acids is 1. The third-order valence-electron chi connectivity index (χ3n) is 2.60. The molecule has 0 saturated heterocycles. The zero-order valence-corrected chi connectivity index (χ0v) is 12.4. The first-order chi connectivity index (χ1) is 8.97. The molecular formula is C13H16BrNO4. The predicted molar refractivity (Wildman–Crippen MR) is 74.5 cm³/mol. The summed E-state index contributed by atoms with van der Waals surface area (Å²) in [6.45, 7) is 2.36. The summed E-state index contributed by atoms with van der Waals surface area (Å²) in [5.41, 5.74) is 0.376. The lowest BCUT2D eigenvalue weighted by Crippen LogP contribution is -2.37. The van der Waals surface area contributed by atoms with E-state index < -0.39 is 5.97 Å². The van der Waals surface area contributed by atoms with E-state index in [4.69, 9.17) is 9.84 Å². The van der Waals surface area contributed by atoms with Crippen molar-refractivity contribution < 1.29 is 19.4 Å². The molecule has 2 N–H and O–H groups in total. The molecule has 1 rings (SSSR count). The number of hydrogen-bond acceptors (Lipinski definition) is 3. The van der Waals surface area contributed by atoms with E-state index in [0.717, 1.165) is 6.42 Å². The van der Waals surface area contributed by atoms with Gasteiger partial charge in [0.05, 0.1) is 18.2 Å². The average molecular weight is 330 g/mol. The van der Waals surface area contributed by atoms with Gasteiger partial charge in [0.15, 0.2) is 0 Å². The van der Waals surface area contributed by atoms with Crippen LogP contribution in [0.25, 0.3) is 0 Å². The van der Waals surface area contributed by atoms with Crippen molar-refractivity contribution in [1.82, 2.24) is 5.32 Å². The maximum Gasteiger partial charge on any atom is 0.335 e. The lowest BCUT2D eigenvalue weighted by molar-refractivity contribution is 0.0697. The fraction of sp³-hybridized carbons (Fsp3) is 0.385. The van der Waals surface area contributed by atoms with E-state index >= 15 is 0 Å². The Morgan fingerprint density at radius 1 is 1.37 bits per heavy atom. The average Bonchev–Trinajstić information content (AvgIpc) is 2.37. The zero-order chi connectivity index (χ0) is 14.4. The summed E-state index contributed by atoms with van der Waals surface area (Å²) >= 11 is 3.20. The number of hydrogen-bond donors (Lipinski definition) is 2. The summed E-state index contributed by atoms with van der Waals surface area (Å²) in [6, 6.07) is 4.29. The van der Waals surface area contributed by atoms with Gasteiger partial charge in [-0.15, -0.1) is 0 Å². The number of rotatable bonds is 6. The zero-order valence-electron chi connectivity index (χ0n) is 10.8. The van der Waals surface area contributed by atoms with E-state index in [1.165, 1.54) is 12.1 Å². The van der Waals surface area contributed by atoms with Crippen LogP contribution in [-0.2, 0) is 4.74 Å². The molecule has 0 aliphatic carbocycles. The van der Waals surface area contributed by atoms with Crippen molar-refractivity contribution in [2.75, 3.05) is 13.7 Å². The molecule has 0 spiro atoms. The molecule has 0 aliphatic rings. The first-order valence-electron chi connectivity index (χ1n) is 5.81. The topological polar surface area (TPSA) is 75.6 Å². The highest BCUT2D eigenvalue weighted by Crippen LogP contribution is 2.16. The van der Waals surface area contributed by atoms with Gasteiger partial charge in [0, 0.05) is 17.1 Å². The molecule has 0 heterocycles. The normalized spacial score (nSPS) is 11.9. The van der Waals surface area contributed by atoms with Crippen LogP contribution in [0.15, 0.2) is 22.7 Å². The largest absolute Gasteiger partial charge is 0.478 e. The predicted octanol–water partition coefficient (Wildman–Crippen LogP) is 2.30. The highest BCUT2D eigenvalue weighted by atomic mass is 79.9. The second kappa shape index (κ2) is 7.25. The van der Waals surface area contributed by atoms with Gasteiger partial charge < -0.3 is 15.2 Å². The monoisotopic (exact) mass is 329 g/mol. The van der Waals surface area contributed by atoms with Gasteiger partial charge in [0.25, 0.3) is 5.91 Å². The van der Waals surface area contributed by atoms with Crippen LogP contribution in [0.5, 0.6) is 0 Å². The summed E-state index contributed by atoms with van der Waals surface area (Å²) in [6.07, 6.45) is 0.735. The van der Waals surface area contributed by atoms with Gasteiger partial charge in [0.2, 0.25) is 0 Å². The smallest absolute Gasteiger partial charge is 0.335 e. The van der Waals surface area contributed by atoms with Gasteiger partial charge in [-0.05, 0) is 24.6 Å². The Bertz CT molecular complexity index is 476. The molecule has 0 bridgehead atoms. The Morgan fingerprint density at radius 2 is 2.00 bits per heavy atom. The molecule has 0 radical (unpaired) electrons. The quantitative estimate of drug-likeness (QED) is 0.839. The summed E-state index contributed by atoms with van der Waals surface area (Å²) in [5.74, 6) is -1.38. The highest BCUT2D eigenvalue weighted by Gasteiger charge is 2.15. The summed E-state index contributed by atoms with van der Waals surface area (Å²) in [7, 11) is 1.57. The molecular weight excluding hydrogens is 314 g/mol. The van der Waals surface area contributed by atoms with Crippen LogP contribution >= 0.6 is 15.9 Å². The van der Waals surface area contributed by atoms with Crippen LogP contribution in [0.2, 0.25) is 0 Å². The third kappa shape index (κ3) is 4.65. The van der Waals surface area contributed by atoms with Crippen LogP contribution in [0.4, 0.5) is 0 Å². The number of carbonyl (C=O) groups excluding carboxylic acids is 1. The Hall–Kier alpha value is -1.40. The standard InChI is InChI=1S/C13H16BrNO4/c1-3-11(7-19-2)15-12(16)8-4-9(13(17)18)6-10(14)5-8/h4-6,11H,3,7H2,1-2H3,(H,15,16)(H,17,18). The van der Waals surface area contributed by atoms with E-state index in [2.05, 4.69) is 21.2 Å². The molecule has 19 heavy (non-hydrogen) atoms. The molecule has 0 fully saturated rings. The maximum absolute atomic E-state index is 12.0. The van der Waals surface area contributed by atoms with Crippen molar-refractivity contribution in [3.8, 4) is 0 Å². The SMILES string of the molecule is CCC(COC)NC(=O)c1cc(Br)cc(C(=O)O)c1. The molecule has 104 valence electrons. The van der Waals surface area contributed by atoms with Crippen LogP contribution in [0.1, 0.15) is 34.1 Å². The second-order valence-corrected chi connectivity index (χ2v) is 4.98. The molecule has 1 amide bonds. The molecule has 1 unspecified atom stereocenters. The minimum absolute atomic E-state index is 0.0688. The van der Waals surface area contributed by atoms with Gasteiger partial charge in [-0.2, -0.15) is 0 Å². The number of ether oxygens (including phenoxy) is 1. The van der Waals surface area contributed by atoms with E-state index in [1.54, 1.807) is 13.2 Å². The van der Waals surface area contributed by atoms with Crippen LogP contribution in [-0.4, -0.2) is 36.7 Å². The lowest BCUT2D eigenvalue weighted by Gasteiger charge is -2.16. The number of carbonyl (C=O) groups is 2. The first kappa shape index (κ1) is 15.7. The Balaban J connectivity index is 2.90. The Labute approximate surface area is 120 Å². The van der Waals surface area contributed by atoms with E-state index in [9.17, 15) is 9.59 Å². The van der Waals surface area contributed by atoms with Gasteiger partial charge in [-0.1, -0.05) is 22.9 Å². The van der Waals surface area contributed by atoms with Crippen molar-refractivity contribution in [2.24, 2.45) is 0 Å². The van der Waals surface area contributed by atoms with Crippen molar-refractivity contribution >= 4 is 27.8 Å². The number of carboxylic acid groups (broad SMARTS) is 1. The summed E-state index contributed by atoms with van der Waals surface area (Å²) < 4.78 is 5.55. The molecule has 0 aliphatic heterocycles. The van der Waals surface area contributed by atoms with Crippen LogP contribution < -0.4 is 5.32 Å². The molecule has 1 aromatic rings. The maximum atomic E-state index is 12.0. The molecule has 0 aromatic heterocycles. The fourth-order valence-corrected chi connectivity index (χ4v) is 2.07. The van der Waals surface area contributed by atoms with Crippen molar-refractivity contribution in [1.29, 1.82) is 0 Å². The van der Waals surface area contributed by atoms with E-state index in [0.29, 0.717) is 16.6 Å². The first-order valence-corrected chi connectivity index (χ1v) is 6.61. The van der Waals surface area contributed by atoms with Crippen molar-refractivity contribution in [2.45, 2.75) is 19.4 Å². The van der Waals surface area contributed by atoms with E-state index in [-0.39, 0.29) is 17.5 Å². The van der Waals surface area contributed by atoms with Crippen LogP contribution in [0.3, 0.4) is 0 Å². The molecule has 6 heteroatoms. The molecule has 1 atom stereocenters. The fourth-order valence-electron chi connectivity index (χ4n) is 1.58. The number of aromatic carboxylic acids is 1. The lowest BCUT2D eigenvalue weighted by atomic mass is 10.1. The summed E-state index contributed by atoms with van der Waals surface area (Å²) in [4.78, 5) is 23.0. The van der Waals surface area contributed by atoms with Gasteiger partial charge in [-0.25, -0.2) is 4.79 Å². The third-order valence-corrected chi connectivity index (χ3v) is 3.06. The Morgan fingerprint density at radius 3 is 2.53 bits per heavy atom. The second-order valence-electron chi connectivity index (χ2n) is 4.07. The number of benzene rings is 1. The number of methoxy groups -OCH3 is 1. The highest BCUT2D eigenvalue weighted by molar-refractivity contribution is 9.10. The summed E-state index contributed by atoms with van der Waals surface area (Å²) in [5, 5.41) is 11.8. The molecule has 5 nitrogen and oxygen atoms in total. The van der Waals surface area contributed by atoms with Crippen molar-refractivity contribution in [3.63, 3.8) is 0 Å². The minimum Gasteiger partial charge on any atom is -0.478 e. The Kier molecular flexibility index (Phi) is 5.98. The van der Waals surface area contributed by atoms with Gasteiger partial charge >= 0.3 is 5.97 Å². The van der Waals surface area contributed by atoms with E-state index in [1.807, 2.05) is 6.92 Å².